The van der Waals surface area contributed by atoms with Crippen LogP contribution in [0.3, 0.4) is 0 Å². The van der Waals surface area contributed by atoms with Crippen molar-refractivity contribution in [1.82, 2.24) is 4.90 Å². The molecular weight excluding hydrogens is 406 g/mol. The fourth-order valence-electron chi connectivity index (χ4n) is 3.41. The molecule has 27 heavy (non-hydrogen) atoms. The second-order valence-corrected chi connectivity index (χ2v) is 7.41. The molecule has 0 radical (unpaired) electrons. The molecule has 2 aromatic carbocycles. The van der Waals surface area contributed by atoms with Crippen LogP contribution in [0, 0.1) is 11.3 Å². The molecule has 0 aliphatic carbocycles. The van der Waals surface area contributed by atoms with E-state index in [1.54, 1.807) is 0 Å². The zero-order valence-electron chi connectivity index (χ0n) is 14.7. The number of rotatable bonds is 2. The molecule has 1 aromatic heterocycles. The number of anilines is 1. The summed E-state index contributed by atoms with van der Waals surface area (Å²) in [5.41, 5.74) is 2.44. The fraction of sp³-hybridized carbons (Fsp3) is 0.238. The average Bonchev–Trinajstić information content (AvgIpc) is 2.99. The van der Waals surface area contributed by atoms with Crippen molar-refractivity contribution in [3.8, 4) is 6.07 Å². The summed E-state index contributed by atoms with van der Waals surface area (Å²) in [6.07, 6.45) is 0.885. The number of hydrogen-bond acceptors (Lipinski definition) is 4. The Labute approximate surface area is 165 Å². The predicted octanol–water partition coefficient (Wildman–Crippen LogP) is 4.42. The van der Waals surface area contributed by atoms with E-state index in [-0.39, 0.29) is 5.91 Å². The van der Waals surface area contributed by atoms with Crippen molar-refractivity contribution < 1.29 is 9.21 Å². The highest BCUT2D eigenvalue weighted by Gasteiger charge is 2.23. The summed E-state index contributed by atoms with van der Waals surface area (Å²) in [5, 5.41) is 9.86. The zero-order chi connectivity index (χ0) is 18.8. The molecule has 6 heteroatoms. The van der Waals surface area contributed by atoms with Crippen LogP contribution in [0.15, 0.2) is 57.4 Å². The van der Waals surface area contributed by atoms with Crippen molar-refractivity contribution in [3.63, 3.8) is 0 Å². The Hall–Kier alpha value is -2.78. The first-order chi connectivity index (χ1) is 13.2. The number of nitrogens with zero attached hydrogens (tertiary/aromatic N) is 3. The van der Waals surface area contributed by atoms with Crippen molar-refractivity contribution in [1.29, 1.82) is 5.26 Å². The maximum atomic E-state index is 12.9. The first-order valence-electron chi connectivity index (χ1n) is 8.88. The van der Waals surface area contributed by atoms with E-state index in [1.165, 1.54) is 0 Å². The molecule has 1 amide bonds. The Balaban J connectivity index is 1.49. The normalized spacial score (nSPS) is 14.8. The molecule has 5 nitrogen and oxygen atoms in total. The highest BCUT2D eigenvalue weighted by atomic mass is 79.9. The van der Waals surface area contributed by atoms with Crippen LogP contribution in [0.2, 0.25) is 0 Å². The van der Waals surface area contributed by atoms with Crippen LogP contribution < -0.4 is 4.90 Å². The van der Waals surface area contributed by atoms with Crippen LogP contribution in [0.25, 0.3) is 11.0 Å². The molecule has 1 fully saturated rings. The maximum Gasteiger partial charge on any atom is 0.289 e. The molecular formula is C21H18BrN3O2. The van der Waals surface area contributed by atoms with E-state index >= 15 is 0 Å². The highest BCUT2D eigenvalue weighted by Crippen LogP contribution is 2.28. The van der Waals surface area contributed by atoms with E-state index in [2.05, 4.69) is 26.9 Å². The van der Waals surface area contributed by atoms with E-state index in [9.17, 15) is 4.79 Å². The first-order valence-corrected chi connectivity index (χ1v) is 9.67. The van der Waals surface area contributed by atoms with Crippen LogP contribution in [0.5, 0.6) is 0 Å². The van der Waals surface area contributed by atoms with Gasteiger partial charge in [-0.1, -0.05) is 12.1 Å². The van der Waals surface area contributed by atoms with Gasteiger partial charge in [-0.15, -0.1) is 0 Å². The third-order valence-electron chi connectivity index (χ3n) is 4.85. The summed E-state index contributed by atoms with van der Waals surface area (Å²) in [6, 6.07) is 17.3. The Morgan fingerprint density at radius 2 is 1.89 bits per heavy atom. The Morgan fingerprint density at radius 3 is 2.63 bits per heavy atom. The summed E-state index contributed by atoms with van der Waals surface area (Å²) in [5.74, 6) is 0.309. The van der Waals surface area contributed by atoms with Gasteiger partial charge in [0.15, 0.2) is 5.76 Å². The lowest BCUT2D eigenvalue weighted by Crippen LogP contribution is -2.35. The second kappa shape index (κ2) is 7.45. The Morgan fingerprint density at radius 1 is 1.07 bits per heavy atom. The lowest BCUT2D eigenvalue weighted by atomic mass is 10.2. The number of furan rings is 1. The van der Waals surface area contributed by atoms with Crippen molar-refractivity contribution in [2.24, 2.45) is 0 Å². The van der Waals surface area contributed by atoms with Crippen LogP contribution >= 0.6 is 15.9 Å². The summed E-state index contributed by atoms with van der Waals surface area (Å²) in [4.78, 5) is 17.0. The molecule has 0 spiro atoms. The van der Waals surface area contributed by atoms with Gasteiger partial charge >= 0.3 is 0 Å². The van der Waals surface area contributed by atoms with Crippen molar-refractivity contribution >= 4 is 38.5 Å². The number of para-hydroxylation sites is 1. The molecule has 0 bridgehead atoms. The molecule has 0 N–H and O–H groups in total. The van der Waals surface area contributed by atoms with Gasteiger partial charge < -0.3 is 14.2 Å². The van der Waals surface area contributed by atoms with Crippen LogP contribution in [-0.2, 0) is 0 Å². The summed E-state index contributed by atoms with van der Waals surface area (Å²) >= 11 is 3.47. The third kappa shape index (κ3) is 3.56. The monoisotopic (exact) mass is 423 g/mol. The summed E-state index contributed by atoms with van der Waals surface area (Å²) in [6.45, 7) is 2.96. The van der Waals surface area contributed by atoms with E-state index in [4.69, 9.17) is 9.68 Å². The number of carbonyl (C=O) groups is 1. The van der Waals surface area contributed by atoms with E-state index in [1.807, 2.05) is 53.4 Å². The fourth-order valence-corrected chi connectivity index (χ4v) is 3.88. The third-order valence-corrected chi connectivity index (χ3v) is 5.48. The van der Waals surface area contributed by atoms with Gasteiger partial charge in [0.05, 0.1) is 16.1 Å². The van der Waals surface area contributed by atoms with Crippen molar-refractivity contribution in [2.75, 3.05) is 31.1 Å². The number of fused-ring (bicyclic) bond motifs is 1. The molecule has 2 heterocycles. The molecule has 4 rings (SSSR count). The van der Waals surface area contributed by atoms with Crippen LogP contribution in [0.1, 0.15) is 22.5 Å². The number of carbonyl (C=O) groups excluding carboxylic acids is 1. The van der Waals surface area contributed by atoms with Gasteiger partial charge in [-0.3, -0.25) is 4.79 Å². The Kier molecular flexibility index (Phi) is 4.87. The largest absolute Gasteiger partial charge is 0.450 e. The van der Waals surface area contributed by atoms with E-state index in [0.29, 0.717) is 30.0 Å². The summed E-state index contributed by atoms with van der Waals surface area (Å²) < 4.78 is 6.66. The SMILES string of the molecule is N#Cc1ccc(N2CCCN(C(=O)c3cc4cccc(Br)c4o3)CC2)cc1. The zero-order valence-corrected chi connectivity index (χ0v) is 16.3. The smallest absolute Gasteiger partial charge is 0.289 e. The summed E-state index contributed by atoms with van der Waals surface area (Å²) in [7, 11) is 0. The predicted molar refractivity (Wildman–Crippen MR) is 108 cm³/mol. The molecule has 3 aromatic rings. The molecule has 136 valence electrons. The van der Waals surface area contributed by atoms with Crippen molar-refractivity contribution in [3.05, 3.63) is 64.3 Å². The standard InChI is InChI=1S/C21H18BrN3O2/c22-18-4-1-3-16-13-19(27-20(16)18)21(26)25-10-2-9-24(11-12-25)17-7-5-15(14-23)6-8-17/h1,3-8,13H,2,9-12H2. The minimum absolute atomic E-state index is 0.0696. The van der Waals surface area contributed by atoms with E-state index < -0.39 is 0 Å². The topological polar surface area (TPSA) is 60.5 Å². The van der Waals surface area contributed by atoms with E-state index in [0.717, 1.165) is 35.1 Å². The van der Waals surface area contributed by atoms with Gasteiger partial charge in [0, 0.05) is 37.3 Å². The van der Waals surface area contributed by atoms with Crippen molar-refractivity contribution in [2.45, 2.75) is 6.42 Å². The van der Waals surface area contributed by atoms with Gasteiger partial charge in [-0.2, -0.15) is 5.26 Å². The van der Waals surface area contributed by atoms with Gasteiger partial charge in [0.25, 0.3) is 5.91 Å². The van der Waals surface area contributed by atoms with Gasteiger partial charge in [-0.05, 0) is 58.7 Å². The van der Waals surface area contributed by atoms with Gasteiger partial charge in [0.1, 0.15) is 5.58 Å². The lowest BCUT2D eigenvalue weighted by Gasteiger charge is -2.23. The van der Waals surface area contributed by atoms with Gasteiger partial charge in [-0.25, -0.2) is 0 Å². The molecule has 0 unspecified atom stereocenters. The molecule has 1 aliphatic heterocycles. The minimum Gasteiger partial charge on any atom is -0.450 e. The van der Waals surface area contributed by atoms with Gasteiger partial charge in [0.2, 0.25) is 0 Å². The number of hydrogen-bond donors (Lipinski definition) is 0. The first kappa shape index (κ1) is 17.6. The number of nitriles is 1. The number of amides is 1. The molecule has 1 aliphatic rings. The lowest BCUT2D eigenvalue weighted by molar-refractivity contribution is 0.0737. The highest BCUT2D eigenvalue weighted by molar-refractivity contribution is 9.10. The molecule has 0 atom stereocenters. The number of benzene rings is 2. The molecule has 0 saturated carbocycles. The minimum atomic E-state index is -0.0696. The number of halogens is 1. The van der Waals surface area contributed by atoms with Crippen LogP contribution in [-0.4, -0.2) is 37.0 Å². The average molecular weight is 424 g/mol. The quantitative estimate of drug-likeness (QED) is 0.611. The second-order valence-electron chi connectivity index (χ2n) is 6.56. The Bertz CT molecular complexity index is 1020. The maximum absolute atomic E-state index is 12.9. The van der Waals surface area contributed by atoms with Crippen LogP contribution in [0.4, 0.5) is 5.69 Å². The molecule has 1 saturated heterocycles.